The Kier molecular flexibility index (Phi) is 6.78. The molecule has 2 aliphatic heterocycles. The van der Waals surface area contributed by atoms with Crippen LogP contribution in [0.1, 0.15) is 37.7 Å². The molecule has 1 amide bonds. The summed E-state index contributed by atoms with van der Waals surface area (Å²) in [6.45, 7) is 4.74. The molecule has 2 aliphatic rings. The van der Waals surface area contributed by atoms with Crippen molar-refractivity contribution < 1.29 is 9.90 Å². The quantitative estimate of drug-likeness (QED) is 0.833. The molecule has 0 radical (unpaired) electrons. The predicted molar refractivity (Wildman–Crippen MR) is 97.0 cm³/mol. The number of hydrogen-bond donors (Lipinski definition) is 2. The maximum Gasteiger partial charge on any atom is 0.234 e. The van der Waals surface area contributed by atoms with E-state index < -0.39 is 6.10 Å². The second kappa shape index (κ2) is 9.27. The Balaban J connectivity index is 1.42. The third-order valence-corrected chi connectivity index (χ3v) is 5.21. The van der Waals surface area contributed by atoms with Crippen LogP contribution in [0, 0.1) is 0 Å². The van der Waals surface area contributed by atoms with Gasteiger partial charge in [0, 0.05) is 32.0 Å². The zero-order chi connectivity index (χ0) is 17.5. The number of nitrogens with zero attached hydrogens (tertiary/aromatic N) is 3. The molecule has 2 saturated heterocycles. The monoisotopic (exact) mass is 346 g/mol. The molecule has 138 valence electrons. The van der Waals surface area contributed by atoms with E-state index >= 15 is 0 Å². The Morgan fingerprint density at radius 2 is 2.00 bits per heavy atom. The van der Waals surface area contributed by atoms with Gasteiger partial charge in [-0.15, -0.1) is 0 Å². The number of β-amino-alcohol motifs (C(OH)–C–C–N with tert-alkyl or cyclic N) is 1. The molecular formula is C19H30N4O2. The van der Waals surface area contributed by atoms with E-state index in [1.807, 2.05) is 12.3 Å². The number of piperidine rings is 1. The molecule has 0 spiro atoms. The van der Waals surface area contributed by atoms with E-state index in [0.29, 0.717) is 13.1 Å². The number of carbonyl (C=O) groups is 1. The van der Waals surface area contributed by atoms with Gasteiger partial charge in [-0.25, -0.2) is 0 Å². The van der Waals surface area contributed by atoms with Gasteiger partial charge in [-0.2, -0.15) is 0 Å². The number of pyridine rings is 1. The Hall–Kier alpha value is -1.50. The summed E-state index contributed by atoms with van der Waals surface area (Å²) in [5.74, 6) is 0.0478. The van der Waals surface area contributed by atoms with Gasteiger partial charge in [-0.05, 0) is 44.0 Å². The molecule has 6 nitrogen and oxygen atoms in total. The van der Waals surface area contributed by atoms with Crippen molar-refractivity contribution in [3.63, 3.8) is 0 Å². The lowest BCUT2D eigenvalue weighted by Gasteiger charge is -2.36. The SMILES string of the molecule is O=C(CN1CCCCCC1)N[C@@H]1CCN(Cc2cccnc2)C[C@H]1O. The molecule has 3 rings (SSSR count). The van der Waals surface area contributed by atoms with Gasteiger partial charge < -0.3 is 10.4 Å². The van der Waals surface area contributed by atoms with Crippen LogP contribution >= 0.6 is 0 Å². The van der Waals surface area contributed by atoms with Gasteiger partial charge in [0.25, 0.3) is 0 Å². The predicted octanol–water partition coefficient (Wildman–Crippen LogP) is 1.01. The van der Waals surface area contributed by atoms with Crippen molar-refractivity contribution in [2.45, 2.75) is 50.8 Å². The number of likely N-dealkylation sites (tertiary alicyclic amines) is 2. The summed E-state index contributed by atoms with van der Waals surface area (Å²) in [6, 6.07) is 3.85. The highest BCUT2D eigenvalue weighted by Crippen LogP contribution is 2.15. The molecule has 2 fully saturated rings. The first-order chi connectivity index (χ1) is 12.2. The number of aliphatic hydroxyl groups excluding tert-OH is 1. The topological polar surface area (TPSA) is 68.7 Å². The lowest BCUT2D eigenvalue weighted by molar-refractivity contribution is -0.124. The van der Waals surface area contributed by atoms with Crippen LogP contribution in [0.3, 0.4) is 0 Å². The van der Waals surface area contributed by atoms with E-state index in [1.54, 1.807) is 6.20 Å². The number of aliphatic hydroxyl groups is 1. The van der Waals surface area contributed by atoms with Crippen LogP contribution in [0.15, 0.2) is 24.5 Å². The minimum atomic E-state index is -0.515. The van der Waals surface area contributed by atoms with Gasteiger partial charge >= 0.3 is 0 Å². The van der Waals surface area contributed by atoms with Crippen molar-refractivity contribution in [3.8, 4) is 0 Å². The standard InChI is InChI=1S/C19H30N4O2/c24-18-14-23(13-16-6-5-8-20-12-16)11-7-17(18)21-19(25)15-22-9-3-1-2-4-10-22/h5-6,8,12,17-18,24H,1-4,7,9-11,13-15H2,(H,21,25)/t17-,18-/m1/s1. The summed E-state index contributed by atoms with van der Waals surface area (Å²) in [5.41, 5.74) is 1.15. The largest absolute Gasteiger partial charge is 0.390 e. The molecule has 2 N–H and O–H groups in total. The maximum atomic E-state index is 12.3. The average Bonchev–Trinajstić information content (AvgIpc) is 2.87. The molecule has 2 atom stereocenters. The van der Waals surface area contributed by atoms with Crippen LogP contribution in [0.5, 0.6) is 0 Å². The fourth-order valence-electron chi connectivity index (χ4n) is 3.81. The Morgan fingerprint density at radius 1 is 1.20 bits per heavy atom. The number of aromatic nitrogens is 1. The second-order valence-electron chi connectivity index (χ2n) is 7.32. The van der Waals surface area contributed by atoms with E-state index in [2.05, 4.69) is 26.2 Å². The fourth-order valence-corrected chi connectivity index (χ4v) is 3.81. The van der Waals surface area contributed by atoms with Crippen molar-refractivity contribution in [1.29, 1.82) is 0 Å². The number of rotatable bonds is 5. The van der Waals surface area contributed by atoms with Gasteiger partial charge in [-0.3, -0.25) is 19.6 Å². The molecular weight excluding hydrogens is 316 g/mol. The summed E-state index contributed by atoms with van der Waals surface area (Å²) in [4.78, 5) is 20.9. The smallest absolute Gasteiger partial charge is 0.234 e. The molecule has 0 unspecified atom stereocenters. The first kappa shape index (κ1) is 18.3. The molecule has 25 heavy (non-hydrogen) atoms. The number of amides is 1. The normalized spacial score (nSPS) is 26.1. The van der Waals surface area contributed by atoms with Crippen molar-refractivity contribution >= 4 is 5.91 Å². The first-order valence-electron chi connectivity index (χ1n) is 9.52. The van der Waals surface area contributed by atoms with E-state index in [4.69, 9.17) is 0 Å². The summed E-state index contributed by atoms with van der Waals surface area (Å²) in [5, 5.41) is 13.5. The molecule has 6 heteroatoms. The summed E-state index contributed by atoms with van der Waals surface area (Å²) in [6.07, 6.45) is 8.81. The highest BCUT2D eigenvalue weighted by Gasteiger charge is 2.29. The van der Waals surface area contributed by atoms with Gasteiger partial charge in [-0.1, -0.05) is 18.9 Å². The van der Waals surface area contributed by atoms with Gasteiger partial charge in [0.15, 0.2) is 0 Å². The zero-order valence-corrected chi connectivity index (χ0v) is 14.9. The maximum absolute atomic E-state index is 12.3. The molecule has 0 bridgehead atoms. The Labute approximate surface area is 150 Å². The third-order valence-electron chi connectivity index (χ3n) is 5.21. The van der Waals surface area contributed by atoms with Gasteiger partial charge in [0.2, 0.25) is 5.91 Å². The Morgan fingerprint density at radius 3 is 2.68 bits per heavy atom. The third kappa shape index (κ3) is 5.76. The summed E-state index contributed by atoms with van der Waals surface area (Å²) >= 11 is 0. The van der Waals surface area contributed by atoms with E-state index in [1.165, 1.54) is 25.7 Å². The van der Waals surface area contributed by atoms with Crippen LogP contribution < -0.4 is 5.32 Å². The lowest BCUT2D eigenvalue weighted by atomic mass is 10.0. The first-order valence-corrected chi connectivity index (χ1v) is 9.52. The van der Waals surface area contributed by atoms with E-state index in [9.17, 15) is 9.90 Å². The molecule has 1 aromatic rings. The minimum Gasteiger partial charge on any atom is -0.390 e. The molecule has 0 saturated carbocycles. The van der Waals surface area contributed by atoms with Crippen LogP contribution in [-0.4, -0.2) is 70.7 Å². The molecule has 0 aliphatic carbocycles. The number of hydrogen-bond acceptors (Lipinski definition) is 5. The van der Waals surface area contributed by atoms with Crippen LogP contribution in [0.4, 0.5) is 0 Å². The minimum absolute atomic E-state index is 0.0478. The number of carbonyl (C=O) groups excluding carboxylic acids is 1. The second-order valence-corrected chi connectivity index (χ2v) is 7.32. The Bertz CT molecular complexity index is 531. The van der Waals surface area contributed by atoms with E-state index in [-0.39, 0.29) is 11.9 Å². The highest BCUT2D eigenvalue weighted by molar-refractivity contribution is 5.78. The number of nitrogens with one attached hydrogen (secondary N) is 1. The van der Waals surface area contributed by atoms with Crippen molar-refractivity contribution in [1.82, 2.24) is 20.1 Å². The van der Waals surface area contributed by atoms with Crippen LogP contribution in [0.25, 0.3) is 0 Å². The highest BCUT2D eigenvalue weighted by atomic mass is 16.3. The lowest BCUT2D eigenvalue weighted by Crippen LogP contribution is -2.55. The van der Waals surface area contributed by atoms with Crippen molar-refractivity contribution in [2.75, 3.05) is 32.7 Å². The molecule has 3 heterocycles. The van der Waals surface area contributed by atoms with Crippen molar-refractivity contribution in [3.05, 3.63) is 30.1 Å². The van der Waals surface area contributed by atoms with Gasteiger partial charge in [0.1, 0.15) is 0 Å². The summed E-state index contributed by atoms with van der Waals surface area (Å²) in [7, 11) is 0. The zero-order valence-electron chi connectivity index (χ0n) is 14.9. The van der Waals surface area contributed by atoms with Crippen LogP contribution in [-0.2, 0) is 11.3 Å². The molecule has 1 aromatic heterocycles. The average molecular weight is 346 g/mol. The summed E-state index contributed by atoms with van der Waals surface area (Å²) < 4.78 is 0. The van der Waals surface area contributed by atoms with Crippen LogP contribution in [0.2, 0.25) is 0 Å². The fraction of sp³-hybridized carbons (Fsp3) is 0.684. The van der Waals surface area contributed by atoms with Gasteiger partial charge in [0.05, 0.1) is 18.7 Å². The van der Waals surface area contributed by atoms with E-state index in [0.717, 1.165) is 38.2 Å². The molecule has 0 aromatic carbocycles. The van der Waals surface area contributed by atoms with Crippen molar-refractivity contribution in [2.24, 2.45) is 0 Å².